The fourth-order valence-corrected chi connectivity index (χ4v) is 3.96. The van der Waals surface area contributed by atoms with Gasteiger partial charge in [-0.2, -0.15) is 0 Å². The maximum Gasteiger partial charge on any atom is 0.338 e. The number of anilines is 1. The average Bonchev–Trinajstić information content (AvgIpc) is 2.82. The Morgan fingerprint density at radius 2 is 1.71 bits per heavy atom. The van der Waals surface area contributed by atoms with Crippen LogP contribution in [0.5, 0.6) is 0 Å². The van der Waals surface area contributed by atoms with Crippen molar-refractivity contribution in [3.05, 3.63) is 81.9 Å². The topological polar surface area (TPSA) is 89.8 Å². The van der Waals surface area contributed by atoms with E-state index in [9.17, 15) is 19.7 Å². The van der Waals surface area contributed by atoms with Gasteiger partial charge in [0.2, 0.25) is 5.78 Å². The smallest absolute Gasteiger partial charge is 0.338 e. The van der Waals surface area contributed by atoms with E-state index in [2.05, 4.69) is 0 Å². The molecule has 1 heterocycles. The molecule has 0 unspecified atom stereocenters. The molecule has 1 fully saturated rings. The third kappa shape index (κ3) is 4.40. The van der Waals surface area contributed by atoms with Crippen molar-refractivity contribution in [3.63, 3.8) is 0 Å². The molecule has 0 aromatic heterocycles. The van der Waals surface area contributed by atoms with Crippen LogP contribution in [0.3, 0.4) is 0 Å². The summed E-state index contributed by atoms with van der Waals surface area (Å²) in [5, 5.41) is 13.3. The van der Waals surface area contributed by atoms with Crippen LogP contribution in [0.4, 0.5) is 11.4 Å². The highest BCUT2D eigenvalue weighted by Gasteiger charge is 2.24. The minimum Gasteiger partial charge on any atom is -0.454 e. The van der Waals surface area contributed by atoms with Crippen LogP contribution < -0.4 is 4.90 Å². The normalized spacial score (nSPS) is 13.7. The minimum atomic E-state index is -0.762. The first-order valence-corrected chi connectivity index (χ1v) is 10.3. The average molecular weight is 418 g/mol. The number of nitro benzene ring substituents is 1. The third-order valence-electron chi connectivity index (χ3n) is 5.53. The molecular weight excluding hydrogens is 396 g/mol. The van der Waals surface area contributed by atoms with Gasteiger partial charge >= 0.3 is 5.97 Å². The van der Waals surface area contributed by atoms with E-state index in [1.807, 2.05) is 35.2 Å². The van der Waals surface area contributed by atoms with Crippen LogP contribution in [-0.4, -0.2) is 36.4 Å². The van der Waals surface area contributed by atoms with Crippen LogP contribution in [0, 0.1) is 10.1 Å². The Labute approximate surface area is 179 Å². The van der Waals surface area contributed by atoms with Gasteiger partial charge in [0.15, 0.2) is 6.61 Å². The van der Waals surface area contributed by atoms with Gasteiger partial charge in [-0.25, -0.2) is 4.79 Å². The number of carbonyl (C=O) groups excluding carboxylic acids is 2. The molecule has 0 aliphatic carbocycles. The number of benzene rings is 3. The number of rotatable bonds is 6. The highest BCUT2D eigenvalue weighted by Crippen LogP contribution is 2.31. The van der Waals surface area contributed by atoms with E-state index in [0.29, 0.717) is 11.3 Å². The summed E-state index contributed by atoms with van der Waals surface area (Å²) in [6.45, 7) is 1.07. The van der Waals surface area contributed by atoms with Gasteiger partial charge in [-0.3, -0.25) is 14.9 Å². The number of ketones is 1. The van der Waals surface area contributed by atoms with E-state index in [0.717, 1.165) is 43.1 Å². The van der Waals surface area contributed by atoms with Gasteiger partial charge in [-0.1, -0.05) is 42.5 Å². The number of hydrogen-bond donors (Lipinski definition) is 0. The summed E-state index contributed by atoms with van der Waals surface area (Å²) in [6.07, 6.45) is 3.08. The molecule has 0 bridgehead atoms. The number of carbonyl (C=O) groups is 2. The second-order valence-electron chi connectivity index (χ2n) is 7.53. The number of fused-ring (bicyclic) bond motifs is 1. The molecule has 1 saturated heterocycles. The van der Waals surface area contributed by atoms with Crippen molar-refractivity contribution in [2.24, 2.45) is 0 Å². The molecule has 31 heavy (non-hydrogen) atoms. The highest BCUT2D eigenvalue weighted by molar-refractivity contribution is 6.09. The Kier molecular flexibility index (Phi) is 5.93. The number of hydrogen-bond acceptors (Lipinski definition) is 6. The zero-order valence-electron chi connectivity index (χ0n) is 17.0. The first-order valence-electron chi connectivity index (χ1n) is 10.3. The van der Waals surface area contributed by atoms with Gasteiger partial charge in [0.25, 0.3) is 5.69 Å². The van der Waals surface area contributed by atoms with Crippen molar-refractivity contribution in [1.82, 2.24) is 0 Å². The SMILES string of the molecule is O=C(OCC(=O)c1cccc2ccccc12)c1ccc(N2CCCCC2)c([N+](=O)[O-])c1. The first kappa shape index (κ1) is 20.5. The van der Waals surface area contributed by atoms with Crippen LogP contribution in [0.25, 0.3) is 10.8 Å². The molecule has 158 valence electrons. The summed E-state index contributed by atoms with van der Waals surface area (Å²) < 4.78 is 5.19. The van der Waals surface area contributed by atoms with Gasteiger partial charge in [-0.05, 0) is 42.2 Å². The number of nitrogens with zero attached hydrogens (tertiary/aromatic N) is 2. The van der Waals surface area contributed by atoms with Crippen LogP contribution in [0.15, 0.2) is 60.7 Å². The van der Waals surface area contributed by atoms with Gasteiger partial charge < -0.3 is 9.64 Å². The van der Waals surface area contributed by atoms with E-state index < -0.39 is 17.5 Å². The summed E-state index contributed by atoms with van der Waals surface area (Å²) in [5.41, 5.74) is 0.903. The molecule has 0 atom stereocenters. The maximum absolute atomic E-state index is 12.6. The number of nitro groups is 1. The molecule has 7 nitrogen and oxygen atoms in total. The molecule has 3 aromatic carbocycles. The minimum absolute atomic E-state index is 0.0539. The fourth-order valence-electron chi connectivity index (χ4n) is 3.96. The maximum atomic E-state index is 12.6. The molecule has 0 radical (unpaired) electrons. The van der Waals surface area contributed by atoms with Crippen molar-refractivity contribution in [2.75, 3.05) is 24.6 Å². The van der Waals surface area contributed by atoms with Gasteiger partial charge in [0.1, 0.15) is 5.69 Å². The van der Waals surface area contributed by atoms with Crippen molar-refractivity contribution in [3.8, 4) is 0 Å². The fraction of sp³-hybridized carbons (Fsp3) is 0.250. The molecule has 1 aliphatic rings. The number of esters is 1. The number of ether oxygens (including phenoxy) is 1. The third-order valence-corrected chi connectivity index (χ3v) is 5.53. The van der Waals surface area contributed by atoms with Crippen molar-refractivity contribution >= 4 is 33.9 Å². The van der Waals surface area contributed by atoms with Crippen LogP contribution in [0.2, 0.25) is 0 Å². The van der Waals surface area contributed by atoms with Crippen LogP contribution in [0.1, 0.15) is 40.0 Å². The Hall–Kier alpha value is -3.74. The van der Waals surface area contributed by atoms with Gasteiger partial charge in [0, 0.05) is 24.7 Å². The van der Waals surface area contributed by atoms with Crippen molar-refractivity contribution < 1.29 is 19.2 Å². The molecule has 0 amide bonds. The molecule has 3 aromatic rings. The highest BCUT2D eigenvalue weighted by atomic mass is 16.6. The van der Waals surface area contributed by atoms with E-state index in [1.165, 1.54) is 12.1 Å². The van der Waals surface area contributed by atoms with E-state index in [-0.39, 0.29) is 17.0 Å². The zero-order valence-corrected chi connectivity index (χ0v) is 17.0. The Balaban J connectivity index is 1.50. The molecule has 0 spiro atoms. The lowest BCUT2D eigenvalue weighted by Crippen LogP contribution is -2.30. The standard InChI is InChI=1S/C24H22N2O5/c27-23(20-10-6-8-17-7-2-3-9-19(17)20)16-31-24(28)18-11-12-21(22(15-18)26(29)30)25-13-4-1-5-14-25/h2-3,6-12,15H,1,4-5,13-14,16H2. The molecule has 0 N–H and O–H groups in total. The van der Waals surface area contributed by atoms with Crippen LogP contribution in [-0.2, 0) is 4.74 Å². The number of Topliss-reactive ketones (excluding diaryl/α,β-unsaturated/α-hetero) is 1. The Morgan fingerprint density at radius 3 is 2.48 bits per heavy atom. The molecular formula is C24H22N2O5. The quantitative estimate of drug-likeness (QED) is 0.248. The van der Waals surface area contributed by atoms with Crippen molar-refractivity contribution in [2.45, 2.75) is 19.3 Å². The lowest BCUT2D eigenvalue weighted by molar-refractivity contribution is -0.384. The van der Waals surface area contributed by atoms with Gasteiger partial charge in [-0.15, -0.1) is 0 Å². The second-order valence-corrected chi connectivity index (χ2v) is 7.53. The van der Waals surface area contributed by atoms with E-state index in [1.54, 1.807) is 18.2 Å². The molecule has 4 rings (SSSR count). The lowest BCUT2D eigenvalue weighted by atomic mass is 10.0. The number of piperidine rings is 1. The van der Waals surface area contributed by atoms with E-state index in [4.69, 9.17) is 4.74 Å². The van der Waals surface area contributed by atoms with Gasteiger partial charge in [0.05, 0.1) is 10.5 Å². The summed E-state index contributed by atoms with van der Waals surface area (Å²) in [5.74, 6) is -1.09. The zero-order chi connectivity index (χ0) is 21.8. The summed E-state index contributed by atoms with van der Waals surface area (Å²) in [6, 6.07) is 17.2. The van der Waals surface area contributed by atoms with Crippen molar-refractivity contribution in [1.29, 1.82) is 0 Å². The monoisotopic (exact) mass is 418 g/mol. The first-order chi connectivity index (χ1) is 15.0. The predicted octanol–water partition coefficient (Wildman–Crippen LogP) is 4.78. The van der Waals surface area contributed by atoms with E-state index >= 15 is 0 Å². The summed E-state index contributed by atoms with van der Waals surface area (Å²) in [4.78, 5) is 38.2. The lowest BCUT2D eigenvalue weighted by Gasteiger charge is -2.28. The van der Waals surface area contributed by atoms with Crippen LogP contribution >= 0.6 is 0 Å². The molecule has 1 aliphatic heterocycles. The summed E-state index contributed by atoms with van der Waals surface area (Å²) in [7, 11) is 0. The predicted molar refractivity (Wildman–Crippen MR) is 118 cm³/mol. The second kappa shape index (κ2) is 8.95. The Morgan fingerprint density at radius 1 is 0.968 bits per heavy atom. The molecule has 0 saturated carbocycles. The largest absolute Gasteiger partial charge is 0.454 e. The molecule has 7 heteroatoms. The Bertz CT molecular complexity index is 1150. The summed E-state index contributed by atoms with van der Waals surface area (Å²) >= 11 is 0.